The first-order valence-electron chi connectivity index (χ1n) is 36.1. The Balaban J connectivity index is -0.000000238. The van der Waals surface area contributed by atoms with Crippen molar-refractivity contribution in [3.8, 4) is 0 Å². The highest BCUT2D eigenvalue weighted by Gasteiger charge is 2.49. The minimum absolute atomic E-state index is 0.0208. The molecule has 0 aromatic carbocycles. The second-order valence-electron chi connectivity index (χ2n) is 38.8. The topological polar surface area (TPSA) is 233 Å². The number of rotatable bonds is 8. The predicted octanol–water partition coefficient (Wildman–Crippen LogP) is 20.0. The van der Waals surface area contributed by atoms with Gasteiger partial charge in [-0.3, -0.25) is 33.6 Å². The molecule has 0 N–H and O–H groups in total. The summed E-state index contributed by atoms with van der Waals surface area (Å²) in [6, 6.07) is 0. The molecule has 1 aliphatic heterocycles. The van der Waals surface area contributed by atoms with Gasteiger partial charge < -0.3 is 19.0 Å². The van der Waals surface area contributed by atoms with E-state index in [1.807, 2.05) is 159 Å². The summed E-state index contributed by atoms with van der Waals surface area (Å²) in [5.74, 6) is 2.15. The van der Waals surface area contributed by atoms with Crippen molar-refractivity contribution in [1.82, 2.24) is 0 Å². The summed E-state index contributed by atoms with van der Waals surface area (Å²) in [6.45, 7) is 77.3. The molecule has 15 nitrogen and oxygen atoms in total. The van der Waals surface area contributed by atoms with Crippen molar-refractivity contribution < 1.29 is 73.8 Å². The van der Waals surface area contributed by atoms with Gasteiger partial charge in [-0.05, 0) is 187 Å². The van der Waals surface area contributed by atoms with Gasteiger partial charge in [-0.2, -0.15) is 0 Å². The third-order valence-corrected chi connectivity index (χ3v) is 21.8. The SMILES string of the molecule is CC(=O)C(C)(C)C.CC(C)(C)C(=O)C1(C)CC1.CC(C)(C)C(=O)C1CC1.CC(C)(C)C(=O)OC1CCCC1.CC(C)(C)C1COC1.CC(C)(C)C=O.CC(C)(C)S(=O)(=O)C1CC1.CC(C)S(=O)(=O)C(C)(C)C.CC(F)C(=O)C(C)(C)C.CCC(=O)C(C)(C)C.CCOC(=O)C(C)(C)C. The van der Waals surface area contributed by atoms with Gasteiger partial charge >= 0.3 is 11.9 Å². The van der Waals surface area contributed by atoms with Crippen LogP contribution < -0.4 is 0 Å². The summed E-state index contributed by atoms with van der Waals surface area (Å²) in [5.41, 5.74) is -1.34. The number of aldehydes is 1. The molecule has 5 aliphatic rings. The van der Waals surface area contributed by atoms with Crippen molar-refractivity contribution >= 4 is 66.8 Å². The van der Waals surface area contributed by atoms with Crippen molar-refractivity contribution in [2.45, 2.75) is 380 Å². The molecule has 4 aliphatic carbocycles. The maximum atomic E-state index is 12.2. The molecule has 584 valence electrons. The number of esters is 2. The lowest BCUT2D eigenvalue weighted by atomic mass is 9.80. The second-order valence-corrected chi connectivity index (χ2v) is 45.0. The van der Waals surface area contributed by atoms with E-state index in [1.54, 1.807) is 83.1 Å². The van der Waals surface area contributed by atoms with Crippen LogP contribution in [0.4, 0.5) is 4.39 Å². The van der Waals surface area contributed by atoms with E-state index in [4.69, 9.17) is 14.2 Å². The standard InChI is InChI=1S/C10H18O2.C9H16O.C8H14O.C7H13FO.C7H14O2S.C7H16O2S.C7H14O2.2C7H14O.C6H12O.C5H10O/c1-10(2,3)9(11)12-8-6-4-5-7-8;1-8(2,3)7(10)9(4)5-6-9;1-8(2,3)7(9)6-4-5-6;1-5(8)6(9)7(2,3)4;1-7(2,3)10(8,9)6-4-5-6;1-6(2)10(8,9)7(3,4)5;1-5-9-6(8)7(2,3)4;1-7(2,3)6-4-8-5-6;1-5-6(8)7(2,3)4;1-5(7)6(2,3)4;1-5(2,3)4-6/h8H,4-7H2,1-3H3;5-6H2,1-4H3;6H,4-5H2,1-3H3;5H,1-4H3;6H,4-5H2,1-3H3;6H,1-5H3;5H2,1-4H3;6H,4-5H2,1-3H3;5H2,1-4H3;1-4H3;4H,1-3H3. The molecule has 1 atom stereocenters. The van der Waals surface area contributed by atoms with Crippen LogP contribution in [0.3, 0.4) is 0 Å². The smallest absolute Gasteiger partial charge is 0.311 e. The third-order valence-electron chi connectivity index (χ3n) is 15.8. The fourth-order valence-corrected chi connectivity index (χ4v) is 10.6. The summed E-state index contributed by atoms with van der Waals surface area (Å²) in [7, 11) is -5.72. The molecular weight excluding hydrogens is 1280 g/mol. The van der Waals surface area contributed by atoms with Gasteiger partial charge in [-0.1, -0.05) is 159 Å². The summed E-state index contributed by atoms with van der Waals surface area (Å²) >= 11 is 0. The van der Waals surface area contributed by atoms with E-state index in [9.17, 15) is 59.6 Å². The Labute approximate surface area is 603 Å². The number of Topliss-reactive ketones (excluding diaryl/α,β-unsaturated/α-hetero) is 5. The minimum atomic E-state index is -2.91. The Bertz CT molecular complexity index is 2530. The van der Waals surface area contributed by atoms with Crippen LogP contribution in [0.25, 0.3) is 0 Å². The van der Waals surface area contributed by atoms with Crippen molar-refractivity contribution in [3.63, 3.8) is 0 Å². The highest BCUT2D eigenvalue weighted by atomic mass is 32.2. The quantitative estimate of drug-likeness (QED) is 0.162. The molecule has 0 spiro atoms. The largest absolute Gasteiger partial charge is 0.466 e. The van der Waals surface area contributed by atoms with Gasteiger partial charge in [0, 0.05) is 56.2 Å². The second kappa shape index (κ2) is 42.5. The average molecular weight is 1440 g/mol. The lowest BCUT2D eigenvalue weighted by Crippen LogP contribution is -2.37. The third kappa shape index (κ3) is 50.2. The van der Waals surface area contributed by atoms with Gasteiger partial charge in [0.05, 0.1) is 50.6 Å². The molecule has 1 heterocycles. The van der Waals surface area contributed by atoms with Crippen LogP contribution in [-0.2, 0) is 72.2 Å². The molecule has 4 saturated carbocycles. The fourth-order valence-electron chi connectivity index (χ4n) is 7.41. The summed E-state index contributed by atoms with van der Waals surface area (Å²) < 4.78 is 71.8. The van der Waals surface area contributed by atoms with Crippen LogP contribution in [0, 0.1) is 66.0 Å². The molecule has 18 heteroatoms. The van der Waals surface area contributed by atoms with E-state index in [2.05, 4.69) is 27.7 Å². The molecule has 0 aromatic rings. The number of halogens is 1. The van der Waals surface area contributed by atoms with Crippen LogP contribution >= 0.6 is 0 Å². The number of alkyl halides is 1. The van der Waals surface area contributed by atoms with Gasteiger partial charge in [-0.25, -0.2) is 21.2 Å². The van der Waals surface area contributed by atoms with Gasteiger partial charge in [0.15, 0.2) is 31.6 Å². The highest BCUT2D eigenvalue weighted by Crippen LogP contribution is 2.49. The lowest BCUT2D eigenvalue weighted by Gasteiger charge is -2.37. The van der Waals surface area contributed by atoms with E-state index in [-0.39, 0.29) is 83.4 Å². The summed E-state index contributed by atoms with van der Waals surface area (Å²) in [6.07, 6.45) is 11.2. The van der Waals surface area contributed by atoms with Gasteiger partial charge in [0.25, 0.3) is 0 Å². The van der Waals surface area contributed by atoms with Crippen molar-refractivity contribution in [2.75, 3.05) is 19.8 Å². The first-order valence-corrected chi connectivity index (χ1v) is 39.2. The molecule has 5 fully saturated rings. The monoisotopic (exact) mass is 1440 g/mol. The first-order chi connectivity index (χ1) is 42.9. The van der Waals surface area contributed by atoms with E-state index in [1.165, 1.54) is 19.8 Å². The van der Waals surface area contributed by atoms with Crippen molar-refractivity contribution in [1.29, 1.82) is 0 Å². The van der Waals surface area contributed by atoms with E-state index in [0.29, 0.717) is 41.7 Å². The first kappa shape index (κ1) is 106. The minimum Gasteiger partial charge on any atom is -0.466 e. The Morgan fingerprint density at radius 3 is 0.990 bits per heavy atom. The Morgan fingerprint density at radius 2 is 0.898 bits per heavy atom. The number of hydrogen-bond donors (Lipinski definition) is 0. The Morgan fingerprint density at radius 1 is 0.531 bits per heavy atom. The van der Waals surface area contributed by atoms with Gasteiger partial charge in [0.1, 0.15) is 35.5 Å². The predicted molar refractivity (Wildman–Crippen MR) is 408 cm³/mol. The van der Waals surface area contributed by atoms with Crippen molar-refractivity contribution in [3.05, 3.63) is 0 Å². The average Bonchev–Trinajstić information content (AvgIpc) is 1.66. The van der Waals surface area contributed by atoms with E-state index >= 15 is 0 Å². The van der Waals surface area contributed by atoms with Crippen molar-refractivity contribution in [2.24, 2.45) is 66.0 Å². The zero-order chi connectivity index (χ0) is 80.2. The number of hydrogen-bond acceptors (Lipinski definition) is 15. The number of ketones is 5. The number of carbonyl (C=O) groups excluding carboxylic acids is 8. The van der Waals surface area contributed by atoms with Gasteiger partial charge in [0.2, 0.25) is 0 Å². The number of ether oxygens (including phenoxy) is 3. The van der Waals surface area contributed by atoms with Crippen LogP contribution in [0.15, 0.2) is 0 Å². The molecule has 1 unspecified atom stereocenters. The molecule has 0 amide bonds. The maximum Gasteiger partial charge on any atom is 0.311 e. The lowest BCUT2D eigenvalue weighted by molar-refractivity contribution is -0.158. The number of sulfone groups is 2. The summed E-state index contributed by atoms with van der Waals surface area (Å²) in [5, 5.41) is -0.292. The van der Waals surface area contributed by atoms with Crippen LogP contribution in [-0.4, -0.2) is 116 Å². The normalized spacial score (nSPS) is 16.8. The molecule has 5 rings (SSSR count). The maximum absolute atomic E-state index is 12.2. The Hall–Kier alpha value is -3.25. The molecule has 0 aromatic heterocycles. The molecule has 1 saturated heterocycles. The molecule has 0 radical (unpaired) electrons. The zero-order valence-electron chi connectivity index (χ0n) is 70.8. The highest BCUT2D eigenvalue weighted by molar-refractivity contribution is 7.93. The van der Waals surface area contributed by atoms with Crippen LogP contribution in [0.1, 0.15) is 348 Å². The van der Waals surface area contributed by atoms with E-state index in [0.717, 1.165) is 76.8 Å². The molecule has 98 heavy (non-hydrogen) atoms. The fraction of sp³-hybridized carbons (Fsp3) is 0.900. The molecule has 0 bridgehead atoms. The van der Waals surface area contributed by atoms with Gasteiger partial charge in [-0.15, -0.1) is 0 Å². The summed E-state index contributed by atoms with van der Waals surface area (Å²) in [4.78, 5) is 86.9. The van der Waals surface area contributed by atoms with Crippen LogP contribution in [0.5, 0.6) is 0 Å². The Kier molecular flexibility index (Phi) is 45.9. The van der Waals surface area contributed by atoms with E-state index < -0.39 is 40.8 Å². The zero-order valence-corrected chi connectivity index (χ0v) is 72.4. The molecular formula is C80H155FO15S2. The number of carbonyl (C=O) groups is 8. The van der Waals surface area contributed by atoms with Crippen LogP contribution in [0.2, 0.25) is 0 Å².